The standard InChI is InChI=1S/C18H24N2O2/c1-13(2)20-12-15(11-19-8-4-3-5-9-19)16-10-14(18(21)22)6-7-17(16)20/h6-7,10,12-13H,3-5,8-9,11H2,1-2H3,(H,21,22). The Balaban J connectivity index is 2.02. The fourth-order valence-corrected chi connectivity index (χ4v) is 3.37. The molecule has 118 valence electrons. The number of hydrogen-bond donors (Lipinski definition) is 1. The first-order valence-corrected chi connectivity index (χ1v) is 8.15. The van der Waals surface area contributed by atoms with E-state index in [-0.39, 0.29) is 0 Å². The average molecular weight is 300 g/mol. The summed E-state index contributed by atoms with van der Waals surface area (Å²) >= 11 is 0. The van der Waals surface area contributed by atoms with Crippen molar-refractivity contribution in [3.63, 3.8) is 0 Å². The van der Waals surface area contributed by atoms with E-state index in [1.165, 1.54) is 24.8 Å². The van der Waals surface area contributed by atoms with Gasteiger partial charge in [-0.25, -0.2) is 4.79 Å². The lowest BCUT2D eigenvalue weighted by Gasteiger charge is -2.26. The Bertz CT molecular complexity index is 682. The summed E-state index contributed by atoms with van der Waals surface area (Å²) in [5, 5.41) is 10.3. The number of piperidine rings is 1. The van der Waals surface area contributed by atoms with Crippen LogP contribution in [0.4, 0.5) is 0 Å². The molecule has 22 heavy (non-hydrogen) atoms. The van der Waals surface area contributed by atoms with Crippen LogP contribution in [0.2, 0.25) is 0 Å². The van der Waals surface area contributed by atoms with Crippen LogP contribution in [0.1, 0.15) is 55.1 Å². The minimum atomic E-state index is -0.858. The Morgan fingerprint density at radius 2 is 1.95 bits per heavy atom. The monoisotopic (exact) mass is 300 g/mol. The minimum absolute atomic E-state index is 0.369. The molecule has 4 heteroatoms. The summed E-state index contributed by atoms with van der Waals surface area (Å²) in [5.41, 5.74) is 2.75. The molecule has 1 aliphatic rings. The number of carboxylic acids is 1. The third-order valence-electron chi connectivity index (χ3n) is 4.56. The zero-order valence-electron chi connectivity index (χ0n) is 13.4. The second-order valence-electron chi connectivity index (χ2n) is 6.53. The molecule has 1 fully saturated rings. The molecule has 3 rings (SSSR count). The summed E-state index contributed by atoms with van der Waals surface area (Å²) in [4.78, 5) is 13.8. The molecule has 1 N–H and O–H groups in total. The van der Waals surface area contributed by atoms with Crippen molar-refractivity contribution in [2.75, 3.05) is 13.1 Å². The van der Waals surface area contributed by atoms with Crippen LogP contribution in [0, 0.1) is 0 Å². The van der Waals surface area contributed by atoms with E-state index in [0.717, 1.165) is 30.5 Å². The van der Waals surface area contributed by atoms with E-state index >= 15 is 0 Å². The molecule has 1 saturated heterocycles. The first-order chi connectivity index (χ1) is 10.6. The number of fused-ring (bicyclic) bond motifs is 1. The van der Waals surface area contributed by atoms with Crippen molar-refractivity contribution in [2.45, 2.75) is 45.7 Å². The largest absolute Gasteiger partial charge is 0.478 e. The highest BCUT2D eigenvalue weighted by Gasteiger charge is 2.17. The summed E-state index contributed by atoms with van der Waals surface area (Å²) in [6, 6.07) is 5.84. The maximum atomic E-state index is 11.3. The minimum Gasteiger partial charge on any atom is -0.478 e. The third-order valence-corrected chi connectivity index (χ3v) is 4.56. The normalized spacial score (nSPS) is 16.5. The topological polar surface area (TPSA) is 45.5 Å². The van der Waals surface area contributed by atoms with Gasteiger partial charge in [-0.2, -0.15) is 0 Å². The molecule has 1 aromatic heterocycles. The fraction of sp³-hybridized carbons (Fsp3) is 0.500. The molecule has 0 atom stereocenters. The Morgan fingerprint density at radius 3 is 2.59 bits per heavy atom. The maximum Gasteiger partial charge on any atom is 0.335 e. The summed E-state index contributed by atoms with van der Waals surface area (Å²) in [6.07, 6.45) is 6.06. The lowest BCUT2D eigenvalue weighted by Crippen LogP contribution is -2.29. The number of benzene rings is 1. The number of aromatic nitrogens is 1. The van der Waals surface area contributed by atoms with Gasteiger partial charge in [0.05, 0.1) is 5.56 Å². The lowest BCUT2D eigenvalue weighted by molar-refractivity contribution is 0.0697. The number of carboxylic acid groups (broad SMARTS) is 1. The molecule has 0 unspecified atom stereocenters. The van der Waals surface area contributed by atoms with Crippen molar-refractivity contribution >= 4 is 16.9 Å². The van der Waals surface area contributed by atoms with Gasteiger partial charge in [0.15, 0.2) is 0 Å². The number of nitrogens with zero attached hydrogens (tertiary/aromatic N) is 2. The van der Waals surface area contributed by atoms with Crippen LogP contribution < -0.4 is 0 Å². The molecule has 1 aliphatic heterocycles. The Morgan fingerprint density at radius 1 is 1.23 bits per heavy atom. The second kappa shape index (κ2) is 6.13. The smallest absolute Gasteiger partial charge is 0.335 e. The average Bonchev–Trinajstić information content (AvgIpc) is 2.86. The van der Waals surface area contributed by atoms with Crippen LogP contribution in [0.5, 0.6) is 0 Å². The van der Waals surface area contributed by atoms with Crippen molar-refractivity contribution in [1.82, 2.24) is 9.47 Å². The molecule has 2 heterocycles. The van der Waals surface area contributed by atoms with E-state index < -0.39 is 5.97 Å². The molecular weight excluding hydrogens is 276 g/mol. The van der Waals surface area contributed by atoms with Crippen LogP contribution in [-0.4, -0.2) is 33.6 Å². The summed E-state index contributed by atoms with van der Waals surface area (Å²) in [5.74, 6) is -0.858. The van der Waals surface area contributed by atoms with Crippen LogP contribution >= 0.6 is 0 Å². The first kappa shape index (κ1) is 15.1. The number of aromatic carboxylic acids is 1. The van der Waals surface area contributed by atoms with Crippen molar-refractivity contribution in [3.05, 3.63) is 35.5 Å². The van der Waals surface area contributed by atoms with Crippen LogP contribution in [0.25, 0.3) is 10.9 Å². The predicted molar refractivity (Wildman–Crippen MR) is 88.4 cm³/mol. The summed E-state index contributed by atoms with van der Waals surface area (Å²) in [7, 11) is 0. The molecule has 0 spiro atoms. The van der Waals surface area contributed by atoms with E-state index in [4.69, 9.17) is 0 Å². The molecule has 0 amide bonds. The van der Waals surface area contributed by atoms with Gasteiger partial charge in [0.1, 0.15) is 0 Å². The van der Waals surface area contributed by atoms with Gasteiger partial charge in [-0.3, -0.25) is 4.90 Å². The van der Waals surface area contributed by atoms with Gasteiger partial charge in [0.25, 0.3) is 0 Å². The van der Waals surface area contributed by atoms with E-state index in [2.05, 4.69) is 29.5 Å². The molecule has 0 saturated carbocycles. The Kier molecular flexibility index (Phi) is 4.21. The van der Waals surface area contributed by atoms with Gasteiger partial charge in [0, 0.05) is 29.7 Å². The highest BCUT2D eigenvalue weighted by atomic mass is 16.4. The Labute approximate surface area is 131 Å². The number of likely N-dealkylation sites (tertiary alicyclic amines) is 1. The van der Waals surface area contributed by atoms with Crippen molar-refractivity contribution in [1.29, 1.82) is 0 Å². The van der Waals surface area contributed by atoms with E-state index in [0.29, 0.717) is 11.6 Å². The molecule has 2 aromatic rings. The van der Waals surface area contributed by atoms with Crippen LogP contribution in [0.15, 0.2) is 24.4 Å². The molecule has 0 aliphatic carbocycles. The van der Waals surface area contributed by atoms with Crippen molar-refractivity contribution < 1.29 is 9.90 Å². The van der Waals surface area contributed by atoms with Crippen LogP contribution in [-0.2, 0) is 6.54 Å². The van der Waals surface area contributed by atoms with Gasteiger partial charge >= 0.3 is 5.97 Å². The summed E-state index contributed by atoms with van der Waals surface area (Å²) < 4.78 is 2.25. The number of carbonyl (C=O) groups is 1. The fourth-order valence-electron chi connectivity index (χ4n) is 3.37. The first-order valence-electron chi connectivity index (χ1n) is 8.15. The molecule has 0 bridgehead atoms. The third kappa shape index (κ3) is 2.88. The summed E-state index contributed by atoms with van der Waals surface area (Å²) in [6.45, 7) is 7.53. The van der Waals surface area contributed by atoms with Gasteiger partial charge in [-0.05, 0) is 63.5 Å². The van der Waals surface area contributed by atoms with Gasteiger partial charge < -0.3 is 9.67 Å². The number of hydrogen-bond acceptors (Lipinski definition) is 2. The lowest BCUT2D eigenvalue weighted by atomic mass is 10.1. The van der Waals surface area contributed by atoms with E-state index in [1.807, 2.05) is 12.1 Å². The van der Waals surface area contributed by atoms with Crippen LogP contribution in [0.3, 0.4) is 0 Å². The van der Waals surface area contributed by atoms with Crippen molar-refractivity contribution in [2.24, 2.45) is 0 Å². The zero-order valence-corrected chi connectivity index (χ0v) is 13.4. The Hall–Kier alpha value is -1.81. The molecule has 0 radical (unpaired) electrons. The number of rotatable bonds is 4. The van der Waals surface area contributed by atoms with Gasteiger partial charge in [-0.15, -0.1) is 0 Å². The zero-order chi connectivity index (χ0) is 15.7. The highest BCUT2D eigenvalue weighted by molar-refractivity contribution is 5.95. The molecule has 4 nitrogen and oxygen atoms in total. The van der Waals surface area contributed by atoms with E-state index in [1.54, 1.807) is 6.07 Å². The second-order valence-corrected chi connectivity index (χ2v) is 6.53. The molecule has 1 aromatic carbocycles. The van der Waals surface area contributed by atoms with Gasteiger partial charge in [-0.1, -0.05) is 6.42 Å². The predicted octanol–water partition coefficient (Wildman–Crippen LogP) is 3.91. The SMILES string of the molecule is CC(C)n1cc(CN2CCCCC2)c2cc(C(=O)O)ccc21. The van der Waals surface area contributed by atoms with Crippen molar-refractivity contribution in [3.8, 4) is 0 Å². The maximum absolute atomic E-state index is 11.3. The van der Waals surface area contributed by atoms with Gasteiger partial charge in [0.2, 0.25) is 0 Å². The highest BCUT2D eigenvalue weighted by Crippen LogP contribution is 2.27. The van der Waals surface area contributed by atoms with E-state index in [9.17, 15) is 9.90 Å². The quantitative estimate of drug-likeness (QED) is 0.931. The molecular formula is C18H24N2O2.